The Hall–Kier alpha value is -0.800. The Morgan fingerprint density at radius 1 is 1.60 bits per heavy atom. The number of nitrogens with one attached hydrogen (secondary N) is 1. The van der Waals surface area contributed by atoms with Crippen LogP contribution in [0.25, 0.3) is 0 Å². The van der Waals surface area contributed by atoms with E-state index >= 15 is 0 Å². The minimum atomic E-state index is -0.700. The third-order valence-corrected chi connectivity index (χ3v) is 3.51. The molecule has 1 aliphatic rings. The van der Waals surface area contributed by atoms with Crippen LogP contribution in [-0.4, -0.2) is 22.8 Å². The van der Waals surface area contributed by atoms with Gasteiger partial charge in [0.25, 0.3) is 0 Å². The Morgan fingerprint density at radius 2 is 2.40 bits per heavy atom. The summed E-state index contributed by atoms with van der Waals surface area (Å²) in [5.41, 5.74) is 0.327. The van der Waals surface area contributed by atoms with Gasteiger partial charge >= 0.3 is 0 Å². The number of aromatic nitrogens is 1. The molecule has 1 aliphatic heterocycles. The fraction of sp³-hybridized carbons (Fsp3) is 0.667. The number of rotatable bonds is 2. The van der Waals surface area contributed by atoms with Crippen LogP contribution in [0.2, 0.25) is 0 Å². The molecule has 1 aromatic rings. The second-order valence-corrected chi connectivity index (χ2v) is 4.76. The van der Waals surface area contributed by atoms with Crippen molar-refractivity contribution in [3.63, 3.8) is 0 Å². The molecular formula is C12H20N2O. The monoisotopic (exact) mass is 208 g/mol. The van der Waals surface area contributed by atoms with Crippen molar-refractivity contribution >= 4 is 0 Å². The summed E-state index contributed by atoms with van der Waals surface area (Å²) < 4.78 is 1.99. The van der Waals surface area contributed by atoms with Gasteiger partial charge in [-0.05, 0) is 32.4 Å². The van der Waals surface area contributed by atoms with Gasteiger partial charge in [0.15, 0.2) is 0 Å². The van der Waals surface area contributed by atoms with Crippen LogP contribution in [0.5, 0.6) is 0 Å². The highest BCUT2D eigenvalue weighted by Crippen LogP contribution is 2.33. The molecule has 3 heteroatoms. The van der Waals surface area contributed by atoms with E-state index in [-0.39, 0.29) is 0 Å². The number of hydrogen-bond donors (Lipinski definition) is 2. The Kier molecular flexibility index (Phi) is 2.85. The molecule has 0 aliphatic carbocycles. The smallest absolute Gasteiger partial charge is 0.0923 e. The highest BCUT2D eigenvalue weighted by atomic mass is 16.3. The van der Waals surface area contributed by atoms with E-state index in [2.05, 4.69) is 5.32 Å². The lowest BCUT2D eigenvalue weighted by Gasteiger charge is -2.35. The number of piperidine rings is 1. The average molecular weight is 208 g/mol. The number of aryl methyl sites for hydroxylation is 1. The number of nitrogens with zero attached hydrogens (tertiary/aromatic N) is 1. The lowest BCUT2D eigenvalue weighted by Crippen LogP contribution is -2.42. The Balaban J connectivity index is 2.17. The van der Waals surface area contributed by atoms with E-state index in [0.717, 1.165) is 31.5 Å². The summed E-state index contributed by atoms with van der Waals surface area (Å²) in [6.07, 6.45) is 6.26. The van der Waals surface area contributed by atoms with Crippen molar-refractivity contribution in [2.45, 2.75) is 25.4 Å². The normalized spacial score (nSPS) is 26.2. The number of hydrogen-bond acceptors (Lipinski definition) is 2. The summed E-state index contributed by atoms with van der Waals surface area (Å²) in [6.45, 7) is 3.93. The first-order valence-electron chi connectivity index (χ1n) is 5.66. The molecule has 0 radical (unpaired) electrons. The van der Waals surface area contributed by atoms with Crippen LogP contribution in [-0.2, 0) is 12.6 Å². The molecule has 0 saturated carbocycles. The Morgan fingerprint density at radius 3 is 2.93 bits per heavy atom. The molecule has 84 valence electrons. The maximum Gasteiger partial charge on any atom is 0.0923 e. The third kappa shape index (κ3) is 2.08. The molecule has 0 spiro atoms. The third-order valence-electron chi connectivity index (χ3n) is 3.51. The summed E-state index contributed by atoms with van der Waals surface area (Å²) >= 11 is 0. The van der Waals surface area contributed by atoms with Gasteiger partial charge in [0.05, 0.1) is 5.60 Å². The van der Waals surface area contributed by atoms with Crippen LogP contribution < -0.4 is 5.32 Å². The van der Waals surface area contributed by atoms with E-state index in [0.29, 0.717) is 5.92 Å². The topological polar surface area (TPSA) is 37.2 Å². The molecule has 2 rings (SSSR count). The first-order valence-corrected chi connectivity index (χ1v) is 5.66. The second-order valence-electron chi connectivity index (χ2n) is 4.76. The highest BCUT2D eigenvalue weighted by Gasteiger charge is 2.34. The van der Waals surface area contributed by atoms with E-state index in [4.69, 9.17) is 0 Å². The van der Waals surface area contributed by atoms with Crippen molar-refractivity contribution in [3.8, 4) is 0 Å². The molecule has 2 unspecified atom stereocenters. The van der Waals surface area contributed by atoms with Crippen LogP contribution in [0.15, 0.2) is 18.5 Å². The van der Waals surface area contributed by atoms with Gasteiger partial charge in [-0.25, -0.2) is 0 Å². The molecule has 0 amide bonds. The van der Waals surface area contributed by atoms with Crippen LogP contribution in [0.1, 0.15) is 25.3 Å². The van der Waals surface area contributed by atoms with Gasteiger partial charge in [-0.3, -0.25) is 0 Å². The van der Waals surface area contributed by atoms with Gasteiger partial charge < -0.3 is 15.0 Å². The Bertz CT molecular complexity index is 324. The second kappa shape index (κ2) is 3.99. The van der Waals surface area contributed by atoms with Gasteiger partial charge in [0.2, 0.25) is 0 Å². The predicted octanol–water partition coefficient (Wildman–Crippen LogP) is 1.23. The minimum absolute atomic E-state index is 0.327. The number of aliphatic hydroxyl groups is 1. The lowest BCUT2D eigenvalue weighted by molar-refractivity contribution is -0.0156. The maximum absolute atomic E-state index is 10.6. The molecule has 1 aromatic heterocycles. The van der Waals surface area contributed by atoms with Crippen LogP contribution >= 0.6 is 0 Å². The van der Waals surface area contributed by atoms with E-state index in [1.807, 2.05) is 37.0 Å². The van der Waals surface area contributed by atoms with Crippen LogP contribution in [0.4, 0.5) is 0 Å². The lowest BCUT2D eigenvalue weighted by atomic mass is 9.80. The summed E-state index contributed by atoms with van der Waals surface area (Å²) in [6, 6.07) is 2.01. The first kappa shape index (κ1) is 10.7. The molecule has 2 N–H and O–H groups in total. The molecule has 3 nitrogen and oxygen atoms in total. The van der Waals surface area contributed by atoms with Gasteiger partial charge in [-0.15, -0.1) is 0 Å². The van der Waals surface area contributed by atoms with E-state index in [9.17, 15) is 5.11 Å². The molecule has 2 atom stereocenters. The van der Waals surface area contributed by atoms with Gasteiger partial charge in [-0.1, -0.05) is 0 Å². The van der Waals surface area contributed by atoms with E-state index in [1.54, 1.807) is 0 Å². The van der Waals surface area contributed by atoms with E-state index in [1.165, 1.54) is 0 Å². The van der Waals surface area contributed by atoms with Gasteiger partial charge in [0, 0.05) is 37.5 Å². The average Bonchev–Trinajstić information content (AvgIpc) is 2.67. The molecule has 15 heavy (non-hydrogen) atoms. The first-order chi connectivity index (χ1) is 7.10. The van der Waals surface area contributed by atoms with Crippen molar-refractivity contribution in [3.05, 3.63) is 24.0 Å². The Labute approximate surface area is 91.1 Å². The zero-order valence-electron chi connectivity index (χ0n) is 9.53. The highest BCUT2D eigenvalue weighted by molar-refractivity contribution is 5.19. The molecule has 1 fully saturated rings. The van der Waals surface area contributed by atoms with Crippen LogP contribution in [0, 0.1) is 5.92 Å². The summed E-state index contributed by atoms with van der Waals surface area (Å²) in [5, 5.41) is 13.9. The summed E-state index contributed by atoms with van der Waals surface area (Å²) in [4.78, 5) is 0. The molecule has 1 saturated heterocycles. The van der Waals surface area contributed by atoms with Crippen molar-refractivity contribution in [1.29, 1.82) is 0 Å². The fourth-order valence-electron chi connectivity index (χ4n) is 2.37. The molecule has 0 bridgehead atoms. The summed E-state index contributed by atoms with van der Waals surface area (Å²) in [7, 11) is 1.98. The zero-order chi connectivity index (χ0) is 10.9. The van der Waals surface area contributed by atoms with Gasteiger partial charge in [-0.2, -0.15) is 0 Å². The molecular weight excluding hydrogens is 188 g/mol. The molecule has 0 aromatic carbocycles. The SMILES string of the molecule is Cn1ccc(C(C)(O)C2CCCNC2)c1. The van der Waals surface area contributed by atoms with Crippen molar-refractivity contribution in [1.82, 2.24) is 9.88 Å². The van der Waals surface area contributed by atoms with Crippen molar-refractivity contribution < 1.29 is 5.11 Å². The standard InChI is InChI=1S/C12H20N2O/c1-12(15,10-4-3-6-13-8-10)11-5-7-14(2)9-11/h5,7,9-10,13,15H,3-4,6,8H2,1-2H3. The minimum Gasteiger partial charge on any atom is -0.385 e. The maximum atomic E-state index is 10.6. The predicted molar refractivity (Wildman–Crippen MR) is 60.6 cm³/mol. The van der Waals surface area contributed by atoms with Crippen LogP contribution in [0.3, 0.4) is 0 Å². The quantitative estimate of drug-likeness (QED) is 0.767. The largest absolute Gasteiger partial charge is 0.385 e. The summed E-state index contributed by atoms with van der Waals surface area (Å²) in [5.74, 6) is 0.327. The molecule has 2 heterocycles. The van der Waals surface area contributed by atoms with Crippen molar-refractivity contribution in [2.75, 3.05) is 13.1 Å². The zero-order valence-corrected chi connectivity index (χ0v) is 9.53. The van der Waals surface area contributed by atoms with E-state index < -0.39 is 5.60 Å². The fourth-order valence-corrected chi connectivity index (χ4v) is 2.37. The van der Waals surface area contributed by atoms with Crippen molar-refractivity contribution in [2.24, 2.45) is 13.0 Å². The van der Waals surface area contributed by atoms with Gasteiger partial charge in [0.1, 0.15) is 0 Å².